The number of alkyl halides is 3. The van der Waals surface area contributed by atoms with E-state index in [1.807, 2.05) is 20.8 Å². The van der Waals surface area contributed by atoms with Gasteiger partial charge >= 0.3 is 6.18 Å². The van der Waals surface area contributed by atoms with Crippen LogP contribution in [0.3, 0.4) is 0 Å². The van der Waals surface area contributed by atoms with E-state index in [9.17, 15) is 22.8 Å². The normalized spacial score (nSPS) is 14.1. The molecule has 190 valence electrons. The quantitative estimate of drug-likeness (QED) is 0.325. The van der Waals surface area contributed by atoms with E-state index in [4.69, 9.17) is 4.52 Å². The number of pyridine rings is 1. The van der Waals surface area contributed by atoms with Crippen LogP contribution in [0.2, 0.25) is 0 Å². The summed E-state index contributed by atoms with van der Waals surface area (Å²) < 4.78 is 61.7. The molecule has 1 saturated carbocycles. The summed E-state index contributed by atoms with van der Waals surface area (Å²) in [6.45, 7) is 5.42. The zero-order chi connectivity index (χ0) is 26.3. The lowest BCUT2D eigenvalue weighted by molar-refractivity contribution is -0.138. The molecule has 0 aliphatic heterocycles. The molecule has 1 aliphatic carbocycles. The number of amides is 1. The second-order valence-electron chi connectivity index (χ2n) is 9.78. The maximum absolute atomic E-state index is 15.0. The summed E-state index contributed by atoms with van der Waals surface area (Å²) in [7, 11) is 0. The SMILES string of the molecule is CC(C)(C)c1nc(C(=O)CCc2cc(F)c(-c3ccnc(NC(=O)C4CC4)c3)cc2C(F)(F)F)no1. The van der Waals surface area contributed by atoms with Crippen molar-refractivity contribution in [2.75, 3.05) is 5.32 Å². The Morgan fingerprint density at radius 2 is 1.86 bits per heavy atom. The van der Waals surface area contributed by atoms with Gasteiger partial charge in [-0.1, -0.05) is 25.9 Å². The Kier molecular flexibility index (Phi) is 6.68. The van der Waals surface area contributed by atoms with Crippen molar-refractivity contribution in [3.05, 3.63) is 59.1 Å². The molecule has 0 unspecified atom stereocenters. The van der Waals surface area contributed by atoms with Gasteiger partial charge < -0.3 is 9.84 Å². The van der Waals surface area contributed by atoms with Crippen molar-refractivity contribution >= 4 is 17.5 Å². The monoisotopic (exact) mass is 504 g/mol. The summed E-state index contributed by atoms with van der Waals surface area (Å²) in [5.74, 6) is -1.72. The van der Waals surface area contributed by atoms with Crippen LogP contribution < -0.4 is 5.32 Å². The van der Waals surface area contributed by atoms with Gasteiger partial charge in [0.25, 0.3) is 0 Å². The third-order valence-corrected chi connectivity index (χ3v) is 5.71. The molecule has 11 heteroatoms. The Morgan fingerprint density at radius 3 is 2.47 bits per heavy atom. The van der Waals surface area contributed by atoms with Crippen molar-refractivity contribution in [2.24, 2.45) is 5.92 Å². The Bertz CT molecular complexity index is 1310. The third-order valence-electron chi connectivity index (χ3n) is 5.71. The van der Waals surface area contributed by atoms with E-state index >= 15 is 4.39 Å². The van der Waals surface area contributed by atoms with Crippen molar-refractivity contribution in [1.82, 2.24) is 15.1 Å². The molecule has 1 aromatic carbocycles. The number of rotatable bonds is 7. The highest BCUT2D eigenvalue weighted by Gasteiger charge is 2.35. The highest BCUT2D eigenvalue weighted by atomic mass is 19.4. The number of benzene rings is 1. The number of aromatic nitrogens is 3. The lowest BCUT2D eigenvalue weighted by Gasteiger charge is -2.16. The van der Waals surface area contributed by atoms with E-state index in [1.54, 1.807) is 0 Å². The van der Waals surface area contributed by atoms with E-state index < -0.39 is 28.8 Å². The summed E-state index contributed by atoms with van der Waals surface area (Å²) in [6, 6.07) is 4.18. The van der Waals surface area contributed by atoms with Gasteiger partial charge in [0.2, 0.25) is 23.4 Å². The number of nitrogens with zero attached hydrogens (tertiary/aromatic N) is 3. The van der Waals surface area contributed by atoms with Crippen LogP contribution in [0.25, 0.3) is 11.1 Å². The lowest BCUT2D eigenvalue weighted by atomic mass is 9.95. The molecule has 2 aromatic heterocycles. The van der Waals surface area contributed by atoms with Crippen LogP contribution in [0.1, 0.15) is 67.7 Å². The Labute approximate surface area is 204 Å². The topological polar surface area (TPSA) is 98.0 Å². The number of nitrogens with one attached hydrogen (secondary N) is 1. The molecule has 1 amide bonds. The predicted molar refractivity (Wildman–Crippen MR) is 122 cm³/mol. The van der Waals surface area contributed by atoms with E-state index in [0.717, 1.165) is 18.9 Å². The molecule has 1 fully saturated rings. The average molecular weight is 504 g/mol. The molecule has 36 heavy (non-hydrogen) atoms. The highest BCUT2D eigenvalue weighted by molar-refractivity contribution is 5.94. The number of hydrogen-bond donors (Lipinski definition) is 1. The molecule has 0 atom stereocenters. The van der Waals surface area contributed by atoms with Crippen LogP contribution in [0.5, 0.6) is 0 Å². The molecule has 0 spiro atoms. The predicted octanol–water partition coefficient (Wildman–Crippen LogP) is 5.75. The molecule has 0 saturated heterocycles. The van der Waals surface area contributed by atoms with Crippen molar-refractivity contribution < 1.29 is 31.7 Å². The lowest BCUT2D eigenvalue weighted by Crippen LogP contribution is -2.14. The van der Waals surface area contributed by atoms with Crippen LogP contribution in [-0.4, -0.2) is 26.8 Å². The van der Waals surface area contributed by atoms with Crippen LogP contribution in [-0.2, 0) is 22.8 Å². The average Bonchev–Trinajstić information content (AvgIpc) is 3.51. The van der Waals surface area contributed by atoms with Crippen molar-refractivity contribution in [2.45, 2.75) is 58.0 Å². The van der Waals surface area contributed by atoms with Crippen LogP contribution in [0.15, 0.2) is 35.0 Å². The minimum absolute atomic E-state index is 0.0986. The summed E-state index contributed by atoms with van der Waals surface area (Å²) in [4.78, 5) is 32.5. The third kappa shape index (κ3) is 5.77. The van der Waals surface area contributed by atoms with Crippen LogP contribution in [0, 0.1) is 11.7 Å². The molecule has 4 rings (SSSR count). The molecule has 1 N–H and O–H groups in total. The van der Waals surface area contributed by atoms with Crippen LogP contribution >= 0.6 is 0 Å². The maximum atomic E-state index is 15.0. The van der Waals surface area contributed by atoms with Crippen molar-refractivity contribution in [3.63, 3.8) is 0 Å². The first kappa shape index (κ1) is 25.5. The smallest absolute Gasteiger partial charge is 0.338 e. The second kappa shape index (κ2) is 9.44. The number of Topliss-reactive ketones (excluding diaryl/α,β-unsaturated/α-hetero) is 1. The number of carbonyl (C=O) groups is 2. The summed E-state index contributed by atoms with van der Waals surface area (Å²) in [5, 5.41) is 6.21. The first-order chi connectivity index (χ1) is 16.8. The number of hydrogen-bond acceptors (Lipinski definition) is 6. The van der Waals surface area contributed by atoms with Gasteiger partial charge in [0, 0.05) is 29.5 Å². The zero-order valence-corrected chi connectivity index (χ0v) is 19.9. The van der Waals surface area contributed by atoms with Gasteiger partial charge in [-0.2, -0.15) is 18.2 Å². The molecule has 1 aliphatic rings. The number of halogens is 4. The molecule has 2 heterocycles. The van der Waals surface area contributed by atoms with Gasteiger partial charge in [0.1, 0.15) is 11.6 Å². The fourth-order valence-corrected chi connectivity index (χ4v) is 3.55. The number of anilines is 1. The first-order valence-corrected chi connectivity index (χ1v) is 11.4. The molecule has 3 aromatic rings. The fraction of sp³-hybridized carbons (Fsp3) is 0.400. The number of aryl methyl sites for hydroxylation is 1. The van der Waals surface area contributed by atoms with Gasteiger partial charge in [0.05, 0.1) is 5.56 Å². The van der Waals surface area contributed by atoms with Gasteiger partial charge in [-0.05, 0) is 54.7 Å². The highest BCUT2D eigenvalue weighted by Crippen LogP contribution is 2.37. The van der Waals surface area contributed by atoms with Gasteiger partial charge in [-0.25, -0.2) is 9.37 Å². The van der Waals surface area contributed by atoms with E-state index in [-0.39, 0.29) is 58.9 Å². The minimum atomic E-state index is -4.79. The van der Waals surface area contributed by atoms with Gasteiger partial charge in [0.15, 0.2) is 0 Å². The Hall–Kier alpha value is -3.63. The van der Waals surface area contributed by atoms with Gasteiger partial charge in [-0.3, -0.25) is 9.59 Å². The van der Waals surface area contributed by atoms with Crippen LogP contribution in [0.4, 0.5) is 23.4 Å². The first-order valence-electron chi connectivity index (χ1n) is 11.4. The largest absolute Gasteiger partial charge is 0.416 e. The molecule has 0 radical (unpaired) electrons. The Morgan fingerprint density at radius 1 is 1.14 bits per heavy atom. The second-order valence-corrected chi connectivity index (χ2v) is 9.78. The number of carbonyl (C=O) groups excluding carboxylic acids is 2. The summed E-state index contributed by atoms with van der Waals surface area (Å²) in [6.07, 6.45) is -2.70. The van der Waals surface area contributed by atoms with E-state index in [0.29, 0.717) is 6.07 Å². The number of ketones is 1. The van der Waals surface area contributed by atoms with E-state index in [1.165, 1.54) is 18.3 Å². The summed E-state index contributed by atoms with van der Waals surface area (Å²) >= 11 is 0. The van der Waals surface area contributed by atoms with Gasteiger partial charge in [-0.15, -0.1) is 0 Å². The molecule has 7 nitrogen and oxygen atoms in total. The minimum Gasteiger partial charge on any atom is -0.338 e. The standard InChI is InChI=1S/C25H24F4N4O3/c1-24(2,3)23-32-21(33-36-23)19(34)7-6-15-10-18(26)16(12-17(15)25(27,28)29)14-8-9-30-20(11-14)31-22(35)13-4-5-13/h8-13H,4-7H2,1-3H3,(H,30,31,35). The summed E-state index contributed by atoms with van der Waals surface area (Å²) in [5.41, 5.74) is -2.09. The molecular weight excluding hydrogens is 480 g/mol. The Balaban J connectivity index is 1.58. The van der Waals surface area contributed by atoms with Crippen molar-refractivity contribution in [3.8, 4) is 11.1 Å². The molecular formula is C25H24F4N4O3. The van der Waals surface area contributed by atoms with E-state index in [2.05, 4.69) is 20.4 Å². The maximum Gasteiger partial charge on any atom is 0.416 e. The zero-order valence-electron chi connectivity index (χ0n) is 19.9. The fourth-order valence-electron chi connectivity index (χ4n) is 3.55. The molecule has 0 bridgehead atoms. The van der Waals surface area contributed by atoms with Crippen molar-refractivity contribution in [1.29, 1.82) is 0 Å².